The number of aryl methyl sites for hydroxylation is 1. The second kappa shape index (κ2) is 12.0. The van der Waals surface area contributed by atoms with Crippen molar-refractivity contribution < 1.29 is 19.1 Å². The van der Waals surface area contributed by atoms with Crippen molar-refractivity contribution in [3.63, 3.8) is 0 Å². The maximum atomic E-state index is 13.3. The Morgan fingerprint density at radius 1 is 0.900 bits per heavy atom. The summed E-state index contributed by atoms with van der Waals surface area (Å²) in [5.74, 6) is 0.179. The standard InChI is InChI=1S/C31H31BN4O4/c1-19-25(29(37)35-22-6-8-24(9-7-22)40-18-20-10-12-33-13-11-20)16-23(17-34-19)36-30(38)26-14-21(31(2,3)4)15-27(32)28(26)39-5/h6-17H,18H2,1-5H3,(H,35,37)(H,36,38). The normalized spacial score (nSPS) is 11.0. The van der Waals surface area contributed by atoms with Crippen LogP contribution in [0, 0.1) is 6.92 Å². The molecular formula is C31H31BN4O4. The lowest BCUT2D eigenvalue weighted by atomic mass is 9.81. The van der Waals surface area contributed by atoms with E-state index in [2.05, 4.69) is 20.6 Å². The van der Waals surface area contributed by atoms with Gasteiger partial charge in [0.05, 0.1) is 35.8 Å². The molecule has 2 radical (unpaired) electrons. The second-order valence-corrected chi connectivity index (χ2v) is 10.3. The molecule has 0 atom stereocenters. The average Bonchev–Trinajstić information content (AvgIpc) is 2.93. The summed E-state index contributed by atoms with van der Waals surface area (Å²) in [5, 5.41) is 5.69. The SMILES string of the molecule is [B]c1cc(C(C)(C)C)cc(C(=O)Nc2cnc(C)c(C(=O)Nc3ccc(OCc4ccncc4)cc3)c2)c1OC. The average molecular weight is 534 g/mol. The van der Waals surface area contributed by atoms with Gasteiger partial charge in [-0.3, -0.25) is 19.6 Å². The number of rotatable bonds is 8. The van der Waals surface area contributed by atoms with Gasteiger partial charge in [0.25, 0.3) is 11.8 Å². The molecule has 40 heavy (non-hydrogen) atoms. The van der Waals surface area contributed by atoms with Gasteiger partial charge in [-0.15, -0.1) is 0 Å². The quantitative estimate of drug-likeness (QED) is 0.310. The number of ether oxygens (including phenoxy) is 2. The van der Waals surface area contributed by atoms with Gasteiger partial charge in [-0.05, 0) is 72.0 Å². The molecule has 202 valence electrons. The highest BCUT2D eigenvalue weighted by molar-refractivity contribution is 6.35. The number of nitrogens with zero attached hydrogens (tertiary/aromatic N) is 2. The lowest BCUT2D eigenvalue weighted by molar-refractivity contribution is 0.101. The molecule has 0 bridgehead atoms. The van der Waals surface area contributed by atoms with E-state index in [1.807, 2.05) is 39.0 Å². The van der Waals surface area contributed by atoms with Crippen LogP contribution < -0.4 is 25.6 Å². The van der Waals surface area contributed by atoms with Gasteiger partial charge in [0.15, 0.2) is 0 Å². The highest BCUT2D eigenvalue weighted by atomic mass is 16.5. The van der Waals surface area contributed by atoms with Gasteiger partial charge in [-0.25, -0.2) is 0 Å². The molecule has 0 saturated carbocycles. The molecule has 4 aromatic rings. The van der Waals surface area contributed by atoms with E-state index in [0.29, 0.717) is 46.0 Å². The Hall–Kier alpha value is -4.66. The number of aromatic nitrogens is 2. The van der Waals surface area contributed by atoms with E-state index in [-0.39, 0.29) is 17.1 Å². The van der Waals surface area contributed by atoms with Crippen molar-refractivity contribution in [3.05, 3.63) is 101 Å². The van der Waals surface area contributed by atoms with Gasteiger partial charge < -0.3 is 20.1 Å². The zero-order valence-electron chi connectivity index (χ0n) is 23.2. The number of methoxy groups -OCH3 is 1. The van der Waals surface area contributed by atoms with E-state index < -0.39 is 5.91 Å². The maximum absolute atomic E-state index is 13.3. The minimum atomic E-state index is -0.422. The molecule has 0 unspecified atom stereocenters. The zero-order valence-corrected chi connectivity index (χ0v) is 23.2. The van der Waals surface area contributed by atoms with Gasteiger partial charge in [-0.2, -0.15) is 0 Å². The molecule has 0 aliphatic heterocycles. The minimum absolute atomic E-state index is 0.226. The van der Waals surface area contributed by atoms with Gasteiger partial charge in [0.1, 0.15) is 26.0 Å². The number of nitrogens with one attached hydrogen (secondary N) is 2. The first-order valence-electron chi connectivity index (χ1n) is 12.7. The van der Waals surface area contributed by atoms with Crippen LogP contribution in [0.1, 0.15) is 58.3 Å². The smallest absolute Gasteiger partial charge is 0.259 e. The van der Waals surface area contributed by atoms with Crippen molar-refractivity contribution in [2.24, 2.45) is 0 Å². The number of amides is 2. The molecule has 0 aliphatic carbocycles. The molecule has 0 fully saturated rings. The predicted octanol–water partition coefficient (Wildman–Crippen LogP) is 4.97. The third-order valence-electron chi connectivity index (χ3n) is 6.29. The first-order valence-corrected chi connectivity index (χ1v) is 12.7. The molecule has 0 spiro atoms. The Labute approximate surface area is 235 Å². The Morgan fingerprint density at radius 3 is 2.20 bits per heavy atom. The molecule has 2 heterocycles. The number of carbonyl (C=O) groups is 2. The Balaban J connectivity index is 1.47. The molecule has 2 aromatic heterocycles. The van der Waals surface area contributed by atoms with Crippen LogP contribution in [0.15, 0.2) is 73.2 Å². The van der Waals surface area contributed by atoms with Crippen LogP contribution in [-0.4, -0.2) is 36.7 Å². The van der Waals surface area contributed by atoms with Crippen LogP contribution in [0.3, 0.4) is 0 Å². The number of benzene rings is 2. The van der Waals surface area contributed by atoms with E-state index in [9.17, 15) is 9.59 Å². The van der Waals surface area contributed by atoms with Crippen molar-refractivity contribution in [1.29, 1.82) is 0 Å². The summed E-state index contributed by atoms with van der Waals surface area (Å²) in [5.41, 5.74) is 4.14. The lowest BCUT2D eigenvalue weighted by Gasteiger charge is -2.22. The largest absolute Gasteiger partial charge is 0.497 e. The molecule has 2 amide bonds. The van der Waals surface area contributed by atoms with Crippen molar-refractivity contribution in [2.75, 3.05) is 17.7 Å². The summed E-state index contributed by atoms with van der Waals surface area (Å²) >= 11 is 0. The van der Waals surface area contributed by atoms with Crippen molar-refractivity contribution >= 4 is 36.5 Å². The number of anilines is 2. The highest BCUT2D eigenvalue weighted by Crippen LogP contribution is 2.27. The topological polar surface area (TPSA) is 102 Å². The Bertz CT molecular complexity index is 1520. The Morgan fingerprint density at radius 2 is 1.55 bits per heavy atom. The van der Waals surface area contributed by atoms with E-state index in [1.165, 1.54) is 13.3 Å². The Kier molecular flexibility index (Phi) is 8.53. The fraction of sp³-hybridized carbons (Fsp3) is 0.226. The number of hydrogen-bond acceptors (Lipinski definition) is 6. The monoisotopic (exact) mass is 534 g/mol. The maximum Gasteiger partial charge on any atom is 0.259 e. The van der Waals surface area contributed by atoms with Crippen LogP contribution >= 0.6 is 0 Å². The van der Waals surface area contributed by atoms with Crippen LogP contribution in [0.4, 0.5) is 11.4 Å². The molecule has 9 heteroatoms. The van der Waals surface area contributed by atoms with Gasteiger partial charge in [0.2, 0.25) is 0 Å². The second-order valence-electron chi connectivity index (χ2n) is 10.3. The molecule has 4 rings (SSSR count). The van der Waals surface area contributed by atoms with E-state index in [4.69, 9.17) is 17.3 Å². The summed E-state index contributed by atoms with van der Waals surface area (Å²) in [6, 6.07) is 16.0. The van der Waals surface area contributed by atoms with E-state index in [1.54, 1.807) is 55.7 Å². The highest BCUT2D eigenvalue weighted by Gasteiger charge is 2.22. The summed E-state index contributed by atoms with van der Waals surface area (Å²) in [7, 11) is 7.66. The van der Waals surface area contributed by atoms with Crippen LogP contribution in [-0.2, 0) is 12.0 Å². The molecule has 0 aliphatic rings. The first kappa shape index (κ1) is 28.4. The summed E-state index contributed by atoms with van der Waals surface area (Å²) in [6.07, 6.45) is 4.93. The molecular weight excluding hydrogens is 503 g/mol. The zero-order chi connectivity index (χ0) is 28.9. The number of carbonyl (C=O) groups excluding carboxylic acids is 2. The minimum Gasteiger partial charge on any atom is -0.497 e. The summed E-state index contributed by atoms with van der Waals surface area (Å²) in [4.78, 5) is 34.7. The third-order valence-corrected chi connectivity index (χ3v) is 6.29. The fourth-order valence-electron chi connectivity index (χ4n) is 3.99. The van der Waals surface area contributed by atoms with Crippen LogP contribution in [0.2, 0.25) is 0 Å². The lowest BCUT2D eigenvalue weighted by Crippen LogP contribution is -2.23. The predicted molar refractivity (Wildman–Crippen MR) is 157 cm³/mol. The van der Waals surface area contributed by atoms with Crippen LogP contribution in [0.5, 0.6) is 11.5 Å². The van der Waals surface area contributed by atoms with Crippen molar-refractivity contribution in [2.45, 2.75) is 39.7 Å². The number of pyridine rings is 2. The molecule has 0 saturated heterocycles. The van der Waals surface area contributed by atoms with Crippen molar-refractivity contribution in [3.8, 4) is 11.5 Å². The van der Waals surface area contributed by atoms with Crippen molar-refractivity contribution in [1.82, 2.24) is 9.97 Å². The van der Waals surface area contributed by atoms with Gasteiger partial charge in [-0.1, -0.05) is 32.3 Å². The molecule has 8 nitrogen and oxygen atoms in total. The fourth-order valence-corrected chi connectivity index (χ4v) is 3.99. The summed E-state index contributed by atoms with van der Waals surface area (Å²) in [6.45, 7) is 8.25. The van der Waals surface area contributed by atoms with Crippen LogP contribution in [0.25, 0.3) is 0 Å². The molecule has 2 aromatic carbocycles. The summed E-state index contributed by atoms with van der Waals surface area (Å²) < 4.78 is 11.2. The van der Waals surface area contributed by atoms with E-state index in [0.717, 1.165) is 11.1 Å². The molecule has 2 N–H and O–H groups in total. The number of hydrogen-bond donors (Lipinski definition) is 2. The van der Waals surface area contributed by atoms with E-state index >= 15 is 0 Å². The third kappa shape index (κ3) is 6.85. The van der Waals surface area contributed by atoms with Gasteiger partial charge >= 0.3 is 0 Å². The van der Waals surface area contributed by atoms with Gasteiger partial charge in [0, 0.05) is 18.1 Å². The first-order chi connectivity index (χ1) is 19.0.